The Morgan fingerprint density at radius 2 is 1.78 bits per heavy atom. The van der Waals surface area contributed by atoms with Crippen molar-refractivity contribution in [2.75, 3.05) is 0 Å². The molecule has 18 heavy (non-hydrogen) atoms. The van der Waals surface area contributed by atoms with Gasteiger partial charge in [-0.25, -0.2) is 0 Å². The van der Waals surface area contributed by atoms with E-state index in [1.807, 2.05) is 0 Å². The number of amides is 1. The number of hydrogen-bond acceptors (Lipinski definition) is 2. The van der Waals surface area contributed by atoms with E-state index in [0.717, 1.165) is 12.5 Å². The van der Waals surface area contributed by atoms with Crippen LogP contribution >= 0.6 is 0 Å². The number of alkyl halides is 3. The van der Waals surface area contributed by atoms with Crippen LogP contribution in [0.1, 0.15) is 38.5 Å². The zero-order chi connectivity index (χ0) is 13.8. The molecule has 1 amide bonds. The van der Waals surface area contributed by atoms with Gasteiger partial charge in [-0.05, 0) is 18.9 Å². The van der Waals surface area contributed by atoms with Crippen molar-refractivity contribution in [1.82, 2.24) is 5.32 Å². The molecule has 0 heterocycles. The van der Waals surface area contributed by atoms with E-state index in [9.17, 15) is 22.8 Å². The summed E-state index contributed by atoms with van der Waals surface area (Å²) in [5.74, 6) is -1.56. The first-order valence-electron chi connectivity index (χ1n) is 5.84. The van der Waals surface area contributed by atoms with Crippen LogP contribution in [-0.2, 0) is 9.59 Å². The van der Waals surface area contributed by atoms with E-state index in [1.54, 1.807) is 0 Å². The maximum Gasteiger partial charge on any atom is 0.397 e. The Bertz CT molecular complexity index is 344. The average molecular weight is 263 g/mol. The van der Waals surface area contributed by atoms with Gasteiger partial charge in [0, 0.05) is 0 Å². The minimum atomic E-state index is -4.56. The van der Waals surface area contributed by atoms with Gasteiger partial charge in [-0.1, -0.05) is 25.8 Å². The quantitative estimate of drug-likeness (QED) is 0.792. The van der Waals surface area contributed by atoms with E-state index in [0.29, 0.717) is 25.7 Å². The van der Waals surface area contributed by atoms with Crippen LogP contribution in [0.25, 0.3) is 0 Å². The number of hydrogen-bond donors (Lipinski definition) is 1. The van der Waals surface area contributed by atoms with Gasteiger partial charge in [0.05, 0.1) is 0 Å². The molecule has 0 radical (unpaired) electrons. The smallest absolute Gasteiger partial charge is 0.343 e. The van der Waals surface area contributed by atoms with Crippen molar-refractivity contribution in [3.05, 3.63) is 12.7 Å². The van der Waals surface area contributed by atoms with Crippen molar-refractivity contribution in [2.45, 2.75) is 50.2 Å². The highest BCUT2D eigenvalue weighted by molar-refractivity contribution is 6.00. The lowest BCUT2D eigenvalue weighted by atomic mass is 9.78. The van der Waals surface area contributed by atoms with E-state index < -0.39 is 29.8 Å². The van der Waals surface area contributed by atoms with Crippen molar-refractivity contribution >= 4 is 11.7 Å². The Balaban J connectivity index is 2.76. The number of ketones is 1. The van der Waals surface area contributed by atoms with Gasteiger partial charge < -0.3 is 5.32 Å². The summed E-state index contributed by atoms with van der Waals surface area (Å²) in [5, 5.41) is 2.26. The fourth-order valence-electron chi connectivity index (χ4n) is 2.28. The molecule has 0 aliphatic heterocycles. The fraction of sp³-hybridized carbons (Fsp3) is 0.667. The van der Waals surface area contributed by atoms with Gasteiger partial charge in [-0.2, -0.15) is 13.2 Å². The number of halogens is 3. The molecule has 1 rings (SSSR count). The lowest BCUT2D eigenvalue weighted by Gasteiger charge is -2.36. The van der Waals surface area contributed by atoms with E-state index >= 15 is 0 Å². The number of carbonyl (C=O) groups is 2. The average Bonchev–Trinajstić information content (AvgIpc) is 2.26. The Morgan fingerprint density at radius 3 is 2.22 bits per heavy atom. The van der Waals surface area contributed by atoms with Crippen LogP contribution in [0.5, 0.6) is 0 Å². The van der Waals surface area contributed by atoms with Crippen molar-refractivity contribution < 1.29 is 22.8 Å². The van der Waals surface area contributed by atoms with E-state index in [1.165, 1.54) is 0 Å². The fourth-order valence-corrected chi connectivity index (χ4v) is 2.28. The summed E-state index contributed by atoms with van der Waals surface area (Å²) in [4.78, 5) is 23.1. The highest BCUT2D eigenvalue weighted by Gasteiger charge is 2.41. The van der Waals surface area contributed by atoms with Crippen LogP contribution in [0.15, 0.2) is 12.7 Å². The molecule has 3 nitrogen and oxygen atoms in total. The second kappa shape index (κ2) is 5.54. The SMILES string of the molecule is C=CC(=O)C1(NC(=O)CC(F)(F)F)CCCCC1. The van der Waals surface area contributed by atoms with Crippen LogP contribution in [0.2, 0.25) is 0 Å². The topological polar surface area (TPSA) is 46.2 Å². The zero-order valence-electron chi connectivity index (χ0n) is 9.98. The summed E-state index contributed by atoms with van der Waals surface area (Å²) in [6, 6.07) is 0. The molecule has 0 atom stereocenters. The van der Waals surface area contributed by atoms with Crippen LogP contribution < -0.4 is 5.32 Å². The lowest BCUT2D eigenvalue weighted by molar-refractivity contribution is -0.156. The van der Waals surface area contributed by atoms with Crippen LogP contribution in [0, 0.1) is 0 Å². The predicted octanol–water partition coefficient (Wildman–Crippen LogP) is 2.51. The third-order valence-electron chi connectivity index (χ3n) is 3.10. The Morgan fingerprint density at radius 1 is 1.22 bits per heavy atom. The van der Waals surface area contributed by atoms with Crippen molar-refractivity contribution in [3.8, 4) is 0 Å². The summed E-state index contributed by atoms with van der Waals surface area (Å²) in [7, 11) is 0. The Kier molecular flexibility index (Phi) is 4.53. The first kappa shape index (κ1) is 14.7. The molecular weight excluding hydrogens is 247 g/mol. The number of rotatable bonds is 4. The Hall–Kier alpha value is -1.33. The van der Waals surface area contributed by atoms with Gasteiger partial charge in [0.2, 0.25) is 5.91 Å². The van der Waals surface area contributed by atoms with E-state index in [-0.39, 0.29) is 0 Å². The monoisotopic (exact) mass is 263 g/mol. The molecule has 0 bridgehead atoms. The van der Waals surface area contributed by atoms with Gasteiger partial charge in [-0.15, -0.1) is 0 Å². The summed E-state index contributed by atoms with van der Waals surface area (Å²) in [5.41, 5.74) is -1.18. The molecule has 6 heteroatoms. The molecule has 0 aromatic rings. The lowest BCUT2D eigenvalue weighted by Crippen LogP contribution is -2.55. The highest BCUT2D eigenvalue weighted by Crippen LogP contribution is 2.30. The molecule has 1 saturated carbocycles. The molecule has 0 unspecified atom stereocenters. The zero-order valence-corrected chi connectivity index (χ0v) is 9.98. The molecular formula is C12H16F3NO2. The molecule has 1 aliphatic carbocycles. The second-order valence-corrected chi connectivity index (χ2v) is 4.55. The molecule has 0 aromatic carbocycles. The maximum atomic E-state index is 12.1. The van der Waals surface area contributed by atoms with Crippen LogP contribution in [0.3, 0.4) is 0 Å². The summed E-state index contributed by atoms with van der Waals surface area (Å²) in [6.45, 7) is 3.34. The predicted molar refractivity (Wildman–Crippen MR) is 59.8 cm³/mol. The molecule has 0 aromatic heterocycles. The van der Waals surface area contributed by atoms with Crippen molar-refractivity contribution in [2.24, 2.45) is 0 Å². The molecule has 1 aliphatic rings. The minimum absolute atomic E-state index is 0.376. The van der Waals surface area contributed by atoms with Gasteiger partial charge in [0.25, 0.3) is 0 Å². The summed E-state index contributed by atoms with van der Waals surface area (Å²) < 4.78 is 36.3. The van der Waals surface area contributed by atoms with Crippen LogP contribution in [-0.4, -0.2) is 23.4 Å². The first-order chi connectivity index (χ1) is 8.29. The van der Waals surface area contributed by atoms with Crippen molar-refractivity contribution in [3.63, 3.8) is 0 Å². The highest BCUT2D eigenvalue weighted by atomic mass is 19.4. The summed E-state index contributed by atoms with van der Waals surface area (Å²) in [6.07, 6.45) is -1.95. The van der Waals surface area contributed by atoms with Crippen LogP contribution in [0.4, 0.5) is 13.2 Å². The van der Waals surface area contributed by atoms with Gasteiger partial charge in [0.15, 0.2) is 5.78 Å². The summed E-state index contributed by atoms with van der Waals surface area (Å²) >= 11 is 0. The molecule has 1 N–H and O–H groups in total. The molecule has 0 saturated heterocycles. The van der Waals surface area contributed by atoms with Gasteiger partial charge in [0.1, 0.15) is 12.0 Å². The third-order valence-corrected chi connectivity index (χ3v) is 3.10. The molecule has 1 fully saturated rings. The molecule has 0 spiro atoms. The van der Waals surface area contributed by atoms with Crippen molar-refractivity contribution in [1.29, 1.82) is 0 Å². The van der Waals surface area contributed by atoms with E-state index in [4.69, 9.17) is 0 Å². The normalized spacial score (nSPS) is 19.1. The maximum absolute atomic E-state index is 12.1. The third kappa shape index (κ3) is 3.85. The first-order valence-corrected chi connectivity index (χ1v) is 5.84. The van der Waals surface area contributed by atoms with E-state index in [2.05, 4.69) is 11.9 Å². The largest absolute Gasteiger partial charge is 0.397 e. The minimum Gasteiger partial charge on any atom is -0.343 e. The Labute approximate surface area is 103 Å². The molecule has 102 valence electrons. The van der Waals surface area contributed by atoms with Gasteiger partial charge in [-0.3, -0.25) is 9.59 Å². The number of carbonyl (C=O) groups excluding carboxylic acids is 2. The standard InChI is InChI=1S/C12H16F3NO2/c1-2-9(17)11(6-4-3-5-7-11)16-10(18)8-12(13,14)15/h2H,1,3-8H2,(H,16,18). The second-order valence-electron chi connectivity index (χ2n) is 4.55. The van der Waals surface area contributed by atoms with Gasteiger partial charge >= 0.3 is 6.18 Å². The number of nitrogens with one attached hydrogen (secondary N) is 1.